The zero-order valence-corrected chi connectivity index (χ0v) is 11.7. The van der Waals surface area contributed by atoms with Crippen molar-refractivity contribution in [2.45, 2.75) is 52.5 Å². The minimum atomic E-state index is 0.0660. The van der Waals surface area contributed by atoms with Crippen molar-refractivity contribution in [2.24, 2.45) is 5.73 Å². The van der Waals surface area contributed by atoms with E-state index in [1.54, 1.807) is 0 Å². The van der Waals surface area contributed by atoms with Gasteiger partial charge in [-0.25, -0.2) is 0 Å². The maximum Gasteiger partial charge on any atom is 0.123 e. The Morgan fingerprint density at radius 2 is 1.94 bits per heavy atom. The van der Waals surface area contributed by atoms with E-state index in [4.69, 9.17) is 10.5 Å². The molecule has 1 aromatic rings. The first kappa shape index (κ1) is 14.0. The molecule has 0 heterocycles. The SMILES string of the molecule is CCCOc1ccc(C(C)N)cc1C(C)(C)C. The van der Waals surface area contributed by atoms with Crippen molar-refractivity contribution in [1.29, 1.82) is 0 Å². The predicted octanol–water partition coefficient (Wildman–Crippen LogP) is 3.79. The Kier molecular flexibility index (Phi) is 4.58. The minimum Gasteiger partial charge on any atom is -0.493 e. The van der Waals surface area contributed by atoms with Gasteiger partial charge in [0.15, 0.2) is 0 Å². The molecule has 0 aliphatic carbocycles. The number of ether oxygens (including phenoxy) is 1. The third-order valence-corrected chi connectivity index (χ3v) is 2.80. The quantitative estimate of drug-likeness (QED) is 0.861. The maximum atomic E-state index is 5.94. The van der Waals surface area contributed by atoms with Crippen molar-refractivity contribution < 1.29 is 4.74 Å². The predicted molar refractivity (Wildman–Crippen MR) is 73.5 cm³/mol. The van der Waals surface area contributed by atoms with Crippen molar-refractivity contribution >= 4 is 0 Å². The summed E-state index contributed by atoms with van der Waals surface area (Å²) in [5.41, 5.74) is 8.41. The lowest BCUT2D eigenvalue weighted by atomic mass is 9.84. The van der Waals surface area contributed by atoms with E-state index in [1.807, 2.05) is 6.92 Å². The molecule has 96 valence electrons. The zero-order valence-electron chi connectivity index (χ0n) is 11.7. The van der Waals surface area contributed by atoms with Gasteiger partial charge in [-0.3, -0.25) is 0 Å². The zero-order chi connectivity index (χ0) is 13.1. The van der Waals surface area contributed by atoms with Gasteiger partial charge >= 0.3 is 0 Å². The van der Waals surface area contributed by atoms with Crippen molar-refractivity contribution in [2.75, 3.05) is 6.61 Å². The molecule has 2 nitrogen and oxygen atoms in total. The van der Waals surface area contributed by atoms with Gasteiger partial charge in [-0.15, -0.1) is 0 Å². The maximum absolute atomic E-state index is 5.94. The van der Waals surface area contributed by atoms with E-state index in [-0.39, 0.29) is 11.5 Å². The van der Waals surface area contributed by atoms with Gasteiger partial charge in [-0.05, 0) is 36.0 Å². The first-order valence-electron chi connectivity index (χ1n) is 6.39. The van der Waals surface area contributed by atoms with Gasteiger partial charge in [0.2, 0.25) is 0 Å². The molecule has 2 N–H and O–H groups in total. The molecule has 1 atom stereocenters. The lowest BCUT2D eigenvalue weighted by Crippen LogP contribution is -2.15. The van der Waals surface area contributed by atoms with Gasteiger partial charge in [0, 0.05) is 6.04 Å². The Balaban J connectivity index is 3.13. The van der Waals surface area contributed by atoms with Crippen LogP contribution in [-0.2, 0) is 5.41 Å². The fraction of sp³-hybridized carbons (Fsp3) is 0.600. The molecule has 0 aliphatic rings. The van der Waals surface area contributed by atoms with Gasteiger partial charge in [-0.1, -0.05) is 39.8 Å². The minimum absolute atomic E-state index is 0.0660. The Bertz CT molecular complexity index is 364. The molecule has 0 amide bonds. The van der Waals surface area contributed by atoms with E-state index in [2.05, 4.69) is 45.9 Å². The number of rotatable bonds is 4. The van der Waals surface area contributed by atoms with Crippen LogP contribution in [0.3, 0.4) is 0 Å². The number of nitrogens with two attached hydrogens (primary N) is 1. The number of hydrogen-bond acceptors (Lipinski definition) is 2. The fourth-order valence-electron chi connectivity index (χ4n) is 1.75. The lowest BCUT2D eigenvalue weighted by molar-refractivity contribution is 0.308. The van der Waals surface area contributed by atoms with Crippen molar-refractivity contribution in [3.05, 3.63) is 29.3 Å². The molecule has 1 unspecified atom stereocenters. The van der Waals surface area contributed by atoms with E-state index >= 15 is 0 Å². The van der Waals surface area contributed by atoms with Crippen LogP contribution in [0.2, 0.25) is 0 Å². The first-order valence-corrected chi connectivity index (χ1v) is 6.39. The first-order chi connectivity index (χ1) is 7.86. The number of hydrogen-bond donors (Lipinski definition) is 1. The second-order valence-electron chi connectivity index (χ2n) is 5.64. The Morgan fingerprint density at radius 3 is 2.41 bits per heavy atom. The second-order valence-corrected chi connectivity index (χ2v) is 5.64. The van der Waals surface area contributed by atoms with Crippen LogP contribution in [0.1, 0.15) is 58.2 Å². The van der Waals surface area contributed by atoms with Crippen LogP contribution < -0.4 is 10.5 Å². The van der Waals surface area contributed by atoms with Gasteiger partial charge in [0.05, 0.1) is 6.61 Å². The third kappa shape index (κ3) is 3.74. The van der Waals surface area contributed by atoms with Crippen LogP contribution in [-0.4, -0.2) is 6.61 Å². The smallest absolute Gasteiger partial charge is 0.123 e. The van der Waals surface area contributed by atoms with Crippen LogP contribution in [0.4, 0.5) is 0 Å². The summed E-state index contributed by atoms with van der Waals surface area (Å²) in [7, 11) is 0. The molecule has 1 aromatic carbocycles. The summed E-state index contributed by atoms with van der Waals surface area (Å²) >= 11 is 0. The molecule has 2 heteroatoms. The highest BCUT2D eigenvalue weighted by Gasteiger charge is 2.20. The summed E-state index contributed by atoms with van der Waals surface area (Å²) < 4.78 is 5.81. The van der Waals surface area contributed by atoms with Crippen molar-refractivity contribution in [3.63, 3.8) is 0 Å². The Morgan fingerprint density at radius 1 is 1.29 bits per heavy atom. The Labute approximate surface area is 105 Å². The van der Waals surface area contributed by atoms with E-state index in [1.165, 1.54) is 11.1 Å². The molecule has 0 saturated heterocycles. The monoisotopic (exact) mass is 235 g/mol. The lowest BCUT2D eigenvalue weighted by Gasteiger charge is -2.24. The average Bonchev–Trinajstić information content (AvgIpc) is 2.24. The van der Waals surface area contributed by atoms with Crippen LogP contribution in [0.15, 0.2) is 18.2 Å². The summed E-state index contributed by atoms with van der Waals surface area (Å²) in [5, 5.41) is 0. The Hall–Kier alpha value is -1.02. The second kappa shape index (κ2) is 5.54. The van der Waals surface area contributed by atoms with Crippen LogP contribution >= 0.6 is 0 Å². The van der Waals surface area contributed by atoms with E-state index in [0.29, 0.717) is 0 Å². The molecule has 0 spiro atoms. The largest absolute Gasteiger partial charge is 0.493 e. The van der Waals surface area contributed by atoms with E-state index in [0.717, 1.165) is 18.8 Å². The summed E-state index contributed by atoms with van der Waals surface area (Å²) in [4.78, 5) is 0. The summed E-state index contributed by atoms with van der Waals surface area (Å²) in [6, 6.07) is 6.35. The number of benzene rings is 1. The van der Waals surface area contributed by atoms with Crippen LogP contribution in [0.25, 0.3) is 0 Å². The summed E-state index contributed by atoms with van der Waals surface area (Å²) in [6.07, 6.45) is 1.03. The van der Waals surface area contributed by atoms with Crippen LogP contribution in [0, 0.1) is 0 Å². The highest BCUT2D eigenvalue weighted by molar-refractivity contribution is 5.42. The molecule has 0 radical (unpaired) electrons. The molecule has 0 fully saturated rings. The van der Waals surface area contributed by atoms with Crippen molar-refractivity contribution in [1.82, 2.24) is 0 Å². The molecule has 0 aromatic heterocycles. The molecular formula is C15H25NO. The van der Waals surface area contributed by atoms with Crippen LogP contribution in [0.5, 0.6) is 5.75 Å². The van der Waals surface area contributed by atoms with E-state index in [9.17, 15) is 0 Å². The highest BCUT2D eigenvalue weighted by Crippen LogP contribution is 2.33. The topological polar surface area (TPSA) is 35.2 Å². The highest BCUT2D eigenvalue weighted by atomic mass is 16.5. The summed E-state index contributed by atoms with van der Waals surface area (Å²) in [5.74, 6) is 0.990. The van der Waals surface area contributed by atoms with Gasteiger partial charge in [0.1, 0.15) is 5.75 Å². The van der Waals surface area contributed by atoms with Crippen molar-refractivity contribution in [3.8, 4) is 5.75 Å². The van der Waals surface area contributed by atoms with E-state index < -0.39 is 0 Å². The standard InChI is InChI=1S/C15H25NO/c1-6-9-17-14-8-7-12(11(2)16)10-13(14)15(3,4)5/h7-8,10-11H,6,9,16H2,1-5H3. The van der Waals surface area contributed by atoms with Gasteiger partial charge in [-0.2, -0.15) is 0 Å². The third-order valence-electron chi connectivity index (χ3n) is 2.80. The molecular weight excluding hydrogens is 210 g/mol. The fourth-order valence-corrected chi connectivity index (χ4v) is 1.75. The molecule has 0 saturated carbocycles. The average molecular weight is 235 g/mol. The molecule has 0 aliphatic heterocycles. The summed E-state index contributed by atoms with van der Waals surface area (Å²) in [6.45, 7) is 11.5. The van der Waals surface area contributed by atoms with Gasteiger partial charge < -0.3 is 10.5 Å². The van der Waals surface area contributed by atoms with Gasteiger partial charge in [0.25, 0.3) is 0 Å². The molecule has 17 heavy (non-hydrogen) atoms. The molecule has 1 rings (SSSR count). The molecule has 0 bridgehead atoms. The normalized spacial score (nSPS) is 13.5.